The molecule has 0 unspecified atom stereocenters. The Labute approximate surface area is 123 Å². The predicted molar refractivity (Wildman–Crippen MR) is 79.6 cm³/mol. The number of hydrogen-bond donors (Lipinski definition) is 2. The lowest BCUT2D eigenvalue weighted by molar-refractivity contribution is -0.128. The maximum Gasteiger partial charge on any atom is 0.227 e. The van der Waals surface area contributed by atoms with Crippen molar-refractivity contribution in [1.82, 2.24) is 15.5 Å². The Morgan fingerprint density at radius 2 is 1.95 bits per heavy atom. The summed E-state index contributed by atoms with van der Waals surface area (Å²) in [6.45, 7) is 7.89. The highest BCUT2D eigenvalue weighted by atomic mass is 32.1. The maximum absolute atomic E-state index is 11.7. The number of aryl methyl sites for hydroxylation is 1. The van der Waals surface area contributed by atoms with Gasteiger partial charge >= 0.3 is 0 Å². The van der Waals surface area contributed by atoms with Crippen LogP contribution in [0.1, 0.15) is 45.5 Å². The summed E-state index contributed by atoms with van der Waals surface area (Å²) in [6.07, 6.45) is 2.10. The Balaban J connectivity index is 2.31. The molecular weight excluding hydrogens is 276 g/mol. The number of nitrogens with zero attached hydrogens (tertiary/aromatic N) is 2. The molecule has 1 aromatic heterocycles. The minimum Gasteiger partial charge on any atom is -0.355 e. The number of carbonyl (C=O) groups is 2. The fourth-order valence-corrected chi connectivity index (χ4v) is 2.21. The number of nitrogens with one attached hydrogen (secondary N) is 2. The lowest BCUT2D eigenvalue weighted by Crippen LogP contribution is -2.36. The van der Waals surface area contributed by atoms with Crippen molar-refractivity contribution in [3.05, 3.63) is 5.01 Å². The van der Waals surface area contributed by atoms with E-state index < -0.39 is 5.41 Å². The molecule has 6 nitrogen and oxygen atoms in total. The average Bonchev–Trinajstić information content (AvgIpc) is 2.75. The van der Waals surface area contributed by atoms with E-state index in [1.807, 2.05) is 20.8 Å². The summed E-state index contributed by atoms with van der Waals surface area (Å²) in [5.74, 6) is -0.232. The number of carbonyl (C=O) groups excluding carboxylic acids is 2. The number of aromatic nitrogens is 2. The smallest absolute Gasteiger partial charge is 0.227 e. The van der Waals surface area contributed by atoms with Gasteiger partial charge in [0.25, 0.3) is 0 Å². The van der Waals surface area contributed by atoms with E-state index >= 15 is 0 Å². The minimum absolute atomic E-state index is 0.0635. The van der Waals surface area contributed by atoms with Crippen molar-refractivity contribution in [2.75, 3.05) is 11.9 Å². The molecule has 112 valence electrons. The van der Waals surface area contributed by atoms with Crippen LogP contribution < -0.4 is 10.6 Å². The Morgan fingerprint density at radius 3 is 2.55 bits per heavy atom. The first-order valence-corrected chi connectivity index (χ1v) is 7.55. The molecule has 2 amide bonds. The SMILES string of the molecule is CCCc1nnc(NC(=O)CCNC(=O)C(C)(C)C)s1. The van der Waals surface area contributed by atoms with Gasteiger partial charge in [-0.05, 0) is 6.42 Å². The van der Waals surface area contributed by atoms with Gasteiger partial charge in [0.15, 0.2) is 0 Å². The van der Waals surface area contributed by atoms with Crippen molar-refractivity contribution in [3.8, 4) is 0 Å². The van der Waals surface area contributed by atoms with Gasteiger partial charge in [-0.3, -0.25) is 9.59 Å². The first-order valence-electron chi connectivity index (χ1n) is 6.73. The highest BCUT2D eigenvalue weighted by molar-refractivity contribution is 7.15. The van der Waals surface area contributed by atoms with Gasteiger partial charge in [-0.15, -0.1) is 10.2 Å². The van der Waals surface area contributed by atoms with Gasteiger partial charge in [0, 0.05) is 24.8 Å². The Hall–Kier alpha value is -1.50. The molecule has 0 saturated heterocycles. The van der Waals surface area contributed by atoms with Crippen molar-refractivity contribution in [2.45, 2.75) is 47.0 Å². The van der Waals surface area contributed by atoms with E-state index in [4.69, 9.17) is 0 Å². The van der Waals surface area contributed by atoms with Crippen LogP contribution in [-0.2, 0) is 16.0 Å². The molecule has 0 aliphatic carbocycles. The lowest BCUT2D eigenvalue weighted by atomic mass is 9.96. The van der Waals surface area contributed by atoms with Crippen LogP contribution in [0.3, 0.4) is 0 Å². The summed E-state index contributed by atoms with van der Waals surface area (Å²) in [5.41, 5.74) is -0.440. The summed E-state index contributed by atoms with van der Waals surface area (Å²) < 4.78 is 0. The third-order valence-corrected chi connectivity index (χ3v) is 3.39. The second-order valence-corrected chi connectivity index (χ2v) is 6.62. The lowest BCUT2D eigenvalue weighted by Gasteiger charge is -2.17. The fraction of sp³-hybridized carbons (Fsp3) is 0.692. The minimum atomic E-state index is -0.440. The van der Waals surface area contributed by atoms with Crippen molar-refractivity contribution >= 4 is 28.3 Å². The molecule has 0 fully saturated rings. The molecule has 1 heterocycles. The highest BCUT2D eigenvalue weighted by Gasteiger charge is 2.20. The summed E-state index contributed by atoms with van der Waals surface area (Å²) in [4.78, 5) is 23.3. The second kappa shape index (κ2) is 7.33. The van der Waals surface area contributed by atoms with Crippen LogP contribution in [0.2, 0.25) is 0 Å². The first kappa shape index (κ1) is 16.6. The second-order valence-electron chi connectivity index (χ2n) is 5.56. The maximum atomic E-state index is 11.7. The predicted octanol–water partition coefficient (Wildman–Crippen LogP) is 1.98. The van der Waals surface area contributed by atoms with Gasteiger partial charge < -0.3 is 10.6 Å². The summed E-state index contributed by atoms with van der Waals surface area (Å²) in [5, 5.41) is 14.7. The van der Waals surface area contributed by atoms with Crippen molar-refractivity contribution < 1.29 is 9.59 Å². The van der Waals surface area contributed by atoms with E-state index in [0.29, 0.717) is 11.7 Å². The zero-order valence-corrected chi connectivity index (χ0v) is 13.3. The average molecular weight is 298 g/mol. The van der Waals surface area contributed by atoms with Crippen LogP contribution in [0.5, 0.6) is 0 Å². The van der Waals surface area contributed by atoms with E-state index in [0.717, 1.165) is 17.8 Å². The molecule has 0 atom stereocenters. The Kier molecular flexibility index (Phi) is 6.06. The first-order chi connectivity index (χ1) is 9.32. The molecule has 0 aliphatic rings. The molecular formula is C13H22N4O2S. The number of anilines is 1. The van der Waals surface area contributed by atoms with Gasteiger partial charge in [-0.25, -0.2) is 0 Å². The molecule has 1 rings (SSSR count). The molecule has 1 aromatic rings. The Morgan fingerprint density at radius 1 is 1.25 bits per heavy atom. The molecule has 0 aliphatic heterocycles. The van der Waals surface area contributed by atoms with Gasteiger partial charge in [0.1, 0.15) is 5.01 Å². The van der Waals surface area contributed by atoms with Crippen LogP contribution in [0.25, 0.3) is 0 Å². The normalized spacial score (nSPS) is 11.2. The molecule has 0 radical (unpaired) electrons. The van der Waals surface area contributed by atoms with Gasteiger partial charge in [0.05, 0.1) is 0 Å². The van der Waals surface area contributed by atoms with E-state index in [-0.39, 0.29) is 18.2 Å². The van der Waals surface area contributed by atoms with Crippen molar-refractivity contribution in [1.29, 1.82) is 0 Å². The fourth-order valence-electron chi connectivity index (χ4n) is 1.36. The highest BCUT2D eigenvalue weighted by Crippen LogP contribution is 2.16. The number of hydrogen-bond acceptors (Lipinski definition) is 5. The molecule has 7 heteroatoms. The zero-order chi connectivity index (χ0) is 15.2. The molecule has 0 spiro atoms. The number of rotatable bonds is 6. The van der Waals surface area contributed by atoms with Crippen LogP contribution in [-0.4, -0.2) is 28.6 Å². The monoisotopic (exact) mass is 298 g/mol. The standard InChI is InChI=1S/C13H22N4O2S/c1-5-6-10-16-17-12(20-10)15-9(18)7-8-14-11(19)13(2,3)4/h5-8H2,1-4H3,(H,14,19)(H,15,17,18). The van der Waals surface area contributed by atoms with E-state index in [2.05, 4.69) is 27.8 Å². The van der Waals surface area contributed by atoms with Crippen LogP contribution >= 0.6 is 11.3 Å². The molecule has 20 heavy (non-hydrogen) atoms. The molecule has 0 aromatic carbocycles. The largest absolute Gasteiger partial charge is 0.355 e. The van der Waals surface area contributed by atoms with E-state index in [9.17, 15) is 9.59 Å². The topological polar surface area (TPSA) is 84.0 Å². The number of amides is 2. The van der Waals surface area contributed by atoms with Gasteiger partial charge in [-0.2, -0.15) is 0 Å². The van der Waals surface area contributed by atoms with Gasteiger partial charge in [-0.1, -0.05) is 39.0 Å². The van der Waals surface area contributed by atoms with Crippen molar-refractivity contribution in [3.63, 3.8) is 0 Å². The van der Waals surface area contributed by atoms with E-state index in [1.54, 1.807) is 0 Å². The third kappa shape index (κ3) is 5.64. The van der Waals surface area contributed by atoms with Gasteiger partial charge in [0.2, 0.25) is 16.9 Å². The molecule has 2 N–H and O–H groups in total. The zero-order valence-electron chi connectivity index (χ0n) is 12.4. The third-order valence-electron chi connectivity index (χ3n) is 2.50. The summed E-state index contributed by atoms with van der Waals surface area (Å²) in [7, 11) is 0. The van der Waals surface area contributed by atoms with Crippen LogP contribution in [0, 0.1) is 5.41 Å². The van der Waals surface area contributed by atoms with E-state index in [1.165, 1.54) is 11.3 Å². The summed E-state index contributed by atoms with van der Waals surface area (Å²) in [6, 6.07) is 0. The molecule has 0 saturated carbocycles. The molecule has 0 bridgehead atoms. The van der Waals surface area contributed by atoms with Crippen LogP contribution in [0.4, 0.5) is 5.13 Å². The quantitative estimate of drug-likeness (QED) is 0.841. The Bertz CT molecular complexity index is 465. The van der Waals surface area contributed by atoms with Crippen molar-refractivity contribution in [2.24, 2.45) is 5.41 Å². The summed E-state index contributed by atoms with van der Waals surface area (Å²) >= 11 is 1.39. The van der Waals surface area contributed by atoms with Crippen LogP contribution in [0.15, 0.2) is 0 Å².